The lowest BCUT2D eigenvalue weighted by Crippen LogP contribution is -2.26. The molecule has 0 heterocycles. The predicted molar refractivity (Wildman–Crippen MR) is 70.2 cm³/mol. The Hall–Kier alpha value is -1.64. The van der Waals surface area contributed by atoms with Crippen molar-refractivity contribution in [3.8, 4) is 0 Å². The molecule has 0 fully saturated rings. The maximum absolute atomic E-state index is 11.9. The summed E-state index contributed by atoms with van der Waals surface area (Å²) in [6.45, 7) is -0.153. The molecule has 20 heavy (non-hydrogen) atoms. The first-order chi connectivity index (χ1) is 9.27. The summed E-state index contributed by atoms with van der Waals surface area (Å²) in [5.74, 6) is -1.89. The van der Waals surface area contributed by atoms with Crippen molar-refractivity contribution in [3.63, 3.8) is 0 Å². The highest BCUT2D eigenvalue weighted by Gasteiger charge is 2.18. The number of carboxylic acids is 1. The number of halogens is 1. The van der Waals surface area contributed by atoms with E-state index in [1.165, 1.54) is 19.2 Å². The number of benzene rings is 1. The zero-order chi connectivity index (χ0) is 15.3. The Morgan fingerprint density at radius 1 is 1.40 bits per heavy atom. The Morgan fingerprint density at radius 2 is 2.05 bits per heavy atom. The molecule has 2 N–H and O–H groups in total. The number of esters is 1. The van der Waals surface area contributed by atoms with Gasteiger partial charge in [0.15, 0.2) is 0 Å². The van der Waals surface area contributed by atoms with E-state index >= 15 is 0 Å². The molecule has 0 bridgehead atoms. The van der Waals surface area contributed by atoms with Gasteiger partial charge in [0.25, 0.3) is 0 Å². The fraction of sp³-hybridized carbons (Fsp3) is 0.273. The third-order valence-corrected chi connectivity index (χ3v) is 4.12. The molecule has 0 aliphatic heterocycles. The Labute approximate surface area is 120 Å². The van der Waals surface area contributed by atoms with Gasteiger partial charge in [-0.2, -0.15) is 0 Å². The van der Waals surface area contributed by atoms with Crippen molar-refractivity contribution in [2.75, 3.05) is 13.7 Å². The first-order valence-corrected chi connectivity index (χ1v) is 7.23. The van der Waals surface area contributed by atoms with E-state index in [2.05, 4.69) is 9.46 Å². The molecule has 1 rings (SSSR count). The maximum atomic E-state index is 11.9. The minimum atomic E-state index is -3.92. The largest absolute Gasteiger partial charge is 0.478 e. The fourth-order valence-corrected chi connectivity index (χ4v) is 2.56. The molecule has 0 atom stereocenters. The standard InChI is InChI=1S/C11H12ClNO6S/c1-19-10(14)4-5-13-20(17,18)7-2-3-9(12)8(6-7)11(15)16/h2-3,6,13H,4-5H2,1H3,(H,15,16). The number of carbonyl (C=O) groups excluding carboxylic acids is 1. The summed E-state index contributed by atoms with van der Waals surface area (Å²) in [6, 6.07) is 3.31. The first kappa shape index (κ1) is 16.4. The molecule has 110 valence electrons. The second-order valence-electron chi connectivity index (χ2n) is 3.67. The van der Waals surface area contributed by atoms with E-state index in [1.807, 2.05) is 0 Å². The Bertz CT molecular complexity index is 628. The van der Waals surface area contributed by atoms with E-state index in [0.717, 1.165) is 6.07 Å². The van der Waals surface area contributed by atoms with Gasteiger partial charge in [0.2, 0.25) is 10.0 Å². The monoisotopic (exact) mass is 321 g/mol. The van der Waals surface area contributed by atoms with Gasteiger partial charge in [0, 0.05) is 6.54 Å². The van der Waals surface area contributed by atoms with Crippen LogP contribution in [0.2, 0.25) is 5.02 Å². The predicted octanol–water partition coefficient (Wildman–Crippen LogP) is 0.880. The van der Waals surface area contributed by atoms with Gasteiger partial charge in [-0.15, -0.1) is 0 Å². The molecule has 1 aromatic rings. The highest BCUT2D eigenvalue weighted by atomic mass is 35.5. The summed E-state index contributed by atoms with van der Waals surface area (Å²) in [7, 11) is -2.73. The summed E-state index contributed by atoms with van der Waals surface area (Å²) in [5, 5.41) is 8.81. The van der Waals surface area contributed by atoms with Crippen LogP contribution in [-0.2, 0) is 19.6 Å². The molecular weight excluding hydrogens is 310 g/mol. The number of hydrogen-bond donors (Lipinski definition) is 2. The van der Waals surface area contributed by atoms with Crippen molar-refractivity contribution in [1.82, 2.24) is 4.72 Å². The van der Waals surface area contributed by atoms with Gasteiger partial charge in [0.05, 0.1) is 29.0 Å². The molecule has 9 heteroatoms. The topological polar surface area (TPSA) is 110 Å². The molecule has 0 amide bonds. The summed E-state index contributed by atoms with van der Waals surface area (Å²) in [4.78, 5) is 21.5. The molecule has 7 nitrogen and oxygen atoms in total. The molecule has 0 aliphatic rings. The van der Waals surface area contributed by atoms with Crippen LogP contribution in [-0.4, -0.2) is 39.1 Å². The van der Waals surface area contributed by atoms with Gasteiger partial charge >= 0.3 is 11.9 Å². The number of nitrogens with one attached hydrogen (secondary N) is 1. The number of rotatable bonds is 6. The number of methoxy groups -OCH3 is 1. The molecule has 0 aliphatic carbocycles. The van der Waals surface area contributed by atoms with Crippen LogP contribution >= 0.6 is 11.6 Å². The molecular formula is C11H12ClNO6S. The van der Waals surface area contributed by atoms with Crippen LogP contribution in [0.3, 0.4) is 0 Å². The normalized spacial score (nSPS) is 11.1. The van der Waals surface area contributed by atoms with Crippen molar-refractivity contribution >= 4 is 33.6 Å². The smallest absolute Gasteiger partial charge is 0.337 e. The van der Waals surface area contributed by atoms with E-state index in [1.54, 1.807) is 0 Å². The van der Waals surface area contributed by atoms with Crippen LogP contribution in [0.5, 0.6) is 0 Å². The molecule has 1 aromatic carbocycles. The van der Waals surface area contributed by atoms with E-state index in [4.69, 9.17) is 16.7 Å². The van der Waals surface area contributed by atoms with Crippen LogP contribution in [0.15, 0.2) is 23.1 Å². The Kier molecular flexibility index (Phi) is 5.49. The zero-order valence-corrected chi connectivity index (χ0v) is 12.0. The van der Waals surface area contributed by atoms with Gasteiger partial charge in [-0.25, -0.2) is 17.9 Å². The molecule has 0 radical (unpaired) electrons. The van der Waals surface area contributed by atoms with Crippen molar-refractivity contribution in [3.05, 3.63) is 28.8 Å². The van der Waals surface area contributed by atoms with Gasteiger partial charge in [-0.1, -0.05) is 11.6 Å². The lowest BCUT2D eigenvalue weighted by Gasteiger charge is -2.07. The molecule has 0 aromatic heterocycles. The molecule has 0 spiro atoms. The minimum Gasteiger partial charge on any atom is -0.478 e. The lowest BCUT2D eigenvalue weighted by molar-refractivity contribution is -0.140. The summed E-state index contributed by atoms with van der Waals surface area (Å²) in [6.07, 6.45) is -0.130. The number of aromatic carboxylic acids is 1. The van der Waals surface area contributed by atoms with Crippen molar-refractivity contribution in [2.24, 2.45) is 0 Å². The quantitative estimate of drug-likeness (QED) is 0.753. The third kappa shape index (κ3) is 4.19. The summed E-state index contributed by atoms with van der Waals surface area (Å²) < 4.78 is 30.3. The number of ether oxygens (including phenoxy) is 1. The third-order valence-electron chi connectivity index (χ3n) is 2.33. The second kappa shape index (κ2) is 6.69. The van der Waals surface area contributed by atoms with Crippen LogP contribution in [0.1, 0.15) is 16.8 Å². The molecule has 0 saturated heterocycles. The summed E-state index contributed by atoms with van der Waals surface area (Å²) >= 11 is 5.65. The van der Waals surface area contributed by atoms with Crippen LogP contribution in [0, 0.1) is 0 Å². The zero-order valence-electron chi connectivity index (χ0n) is 10.4. The highest BCUT2D eigenvalue weighted by molar-refractivity contribution is 7.89. The summed E-state index contributed by atoms with van der Waals surface area (Å²) in [5.41, 5.74) is -0.317. The van der Waals surface area contributed by atoms with Crippen molar-refractivity contribution in [2.45, 2.75) is 11.3 Å². The second-order valence-corrected chi connectivity index (χ2v) is 5.84. The number of sulfonamides is 1. The van der Waals surface area contributed by atoms with Gasteiger partial charge in [-0.05, 0) is 18.2 Å². The van der Waals surface area contributed by atoms with Crippen LogP contribution in [0.4, 0.5) is 0 Å². The number of carboxylic acid groups (broad SMARTS) is 1. The lowest BCUT2D eigenvalue weighted by atomic mass is 10.2. The van der Waals surface area contributed by atoms with Crippen molar-refractivity contribution < 1.29 is 27.9 Å². The number of hydrogen-bond acceptors (Lipinski definition) is 5. The molecule has 0 unspecified atom stereocenters. The molecule has 0 saturated carbocycles. The average molecular weight is 322 g/mol. The van der Waals surface area contributed by atoms with Crippen LogP contribution in [0.25, 0.3) is 0 Å². The number of carbonyl (C=O) groups is 2. The highest BCUT2D eigenvalue weighted by Crippen LogP contribution is 2.20. The van der Waals surface area contributed by atoms with E-state index in [9.17, 15) is 18.0 Å². The maximum Gasteiger partial charge on any atom is 0.337 e. The average Bonchev–Trinajstić information content (AvgIpc) is 2.38. The van der Waals surface area contributed by atoms with E-state index in [0.29, 0.717) is 0 Å². The van der Waals surface area contributed by atoms with Crippen LogP contribution < -0.4 is 4.72 Å². The SMILES string of the molecule is COC(=O)CCNS(=O)(=O)c1ccc(Cl)c(C(=O)O)c1. The van der Waals surface area contributed by atoms with Gasteiger partial charge < -0.3 is 9.84 Å². The van der Waals surface area contributed by atoms with Gasteiger partial charge in [-0.3, -0.25) is 4.79 Å². The van der Waals surface area contributed by atoms with E-state index in [-0.39, 0.29) is 28.4 Å². The fourth-order valence-electron chi connectivity index (χ4n) is 1.31. The van der Waals surface area contributed by atoms with Crippen molar-refractivity contribution in [1.29, 1.82) is 0 Å². The Morgan fingerprint density at radius 3 is 2.60 bits per heavy atom. The first-order valence-electron chi connectivity index (χ1n) is 5.37. The van der Waals surface area contributed by atoms with Gasteiger partial charge in [0.1, 0.15) is 0 Å². The van der Waals surface area contributed by atoms with E-state index < -0.39 is 22.0 Å². The Balaban J connectivity index is 2.90. The minimum absolute atomic E-state index is 0.0639.